The van der Waals surface area contributed by atoms with Crippen LogP contribution >= 0.6 is 0 Å². The van der Waals surface area contributed by atoms with E-state index in [2.05, 4.69) is 63.1 Å². The quantitative estimate of drug-likeness (QED) is 0.192. The number of anilines is 1. The van der Waals surface area contributed by atoms with Gasteiger partial charge in [-0.15, -0.1) is 0 Å². The summed E-state index contributed by atoms with van der Waals surface area (Å²) in [7, 11) is 0. The van der Waals surface area contributed by atoms with Crippen molar-refractivity contribution >= 4 is 22.4 Å². The van der Waals surface area contributed by atoms with E-state index in [0.717, 1.165) is 25.2 Å². The first-order valence-electron chi connectivity index (χ1n) is 13.1. The van der Waals surface area contributed by atoms with Crippen LogP contribution in [0.1, 0.15) is 37.3 Å². The molecule has 8 heteroatoms. The van der Waals surface area contributed by atoms with Crippen LogP contribution in [0.2, 0.25) is 0 Å². The molecule has 190 valence electrons. The first-order valence-corrected chi connectivity index (χ1v) is 13.1. The van der Waals surface area contributed by atoms with Gasteiger partial charge in [0, 0.05) is 42.3 Å². The first kappa shape index (κ1) is 23.8. The number of azide groups is 1. The van der Waals surface area contributed by atoms with Crippen molar-refractivity contribution in [3.63, 3.8) is 0 Å². The lowest BCUT2D eigenvalue weighted by atomic mass is 9.81. The molecule has 0 saturated carbocycles. The van der Waals surface area contributed by atoms with Crippen molar-refractivity contribution in [2.75, 3.05) is 37.7 Å². The highest BCUT2D eigenvalue weighted by Gasteiger charge is 2.55. The number of benzene rings is 3. The Kier molecular flexibility index (Phi) is 5.81. The van der Waals surface area contributed by atoms with Crippen LogP contribution in [0.3, 0.4) is 0 Å². The van der Waals surface area contributed by atoms with E-state index in [9.17, 15) is 9.18 Å². The average Bonchev–Trinajstić information content (AvgIpc) is 3.36. The molecular weight excluding hydrogens is 467 g/mol. The van der Waals surface area contributed by atoms with Gasteiger partial charge in [0.05, 0.1) is 6.67 Å². The summed E-state index contributed by atoms with van der Waals surface area (Å²) in [4.78, 5) is 23.4. The second kappa shape index (κ2) is 9.05. The molecule has 0 radical (unpaired) electrons. The highest BCUT2D eigenvalue weighted by molar-refractivity contribution is 5.94. The number of carbonyl (C=O) groups is 1. The standard InChI is InChI=1S/C29H31FN6O/c1-28(19-22-7-2-5-21-6-3-8-25(28)26(21)22)35-17-13-29(14-18-35)27(37)34(16-4-15-32-33-31)20-36(29)24-11-9-23(30)10-12-24/h2-3,5-12H,4,13-20H2,1H3. The van der Waals surface area contributed by atoms with Crippen molar-refractivity contribution < 1.29 is 9.18 Å². The predicted molar refractivity (Wildman–Crippen MR) is 143 cm³/mol. The van der Waals surface area contributed by atoms with Crippen LogP contribution in [0.15, 0.2) is 65.8 Å². The highest BCUT2D eigenvalue weighted by Crippen LogP contribution is 2.48. The molecule has 3 aromatic rings. The van der Waals surface area contributed by atoms with Gasteiger partial charge in [0.1, 0.15) is 11.4 Å². The van der Waals surface area contributed by atoms with E-state index < -0.39 is 5.54 Å². The second-order valence-corrected chi connectivity index (χ2v) is 10.7. The maximum Gasteiger partial charge on any atom is 0.250 e. The lowest BCUT2D eigenvalue weighted by Crippen LogP contribution is -2.59. The molecule has 2 heterocycles. The van der Waals surface area contributed by atoms with E-state index in [-0.39, 0.29) is 17.3 Å². The molecule has 6 rings (SSSR count). The van der Waals surface area contributed by atoms with Gasteiger partial charge in [0.25, 0.3) is 0 Å². The topological polar surface area (TPSA) is 75.5 Å². The molecule has 2 fully saturated rings. The minimum Gasteiger partial charge on any atom is -0.339 e. The third-order valence-corrected chi connectivity index (χ3v) is 8.80. The third-order valence-electron chi connectivity index (χ3n) is 8.80. The predicted octanol–water partition coefficient (Wildman–Crippen LogP) is 5.59. The minimum absolute atomic E-state index is 0.109. The Morgan fingerprint density at radius 1 is 1.05 bits per heavy atom. The van der Waals surface area contributed by atoms with Gasteiger partial charge >= 0.3 is 0 Å². The van der Waals surface area contributed by atoms with Gasteiger partial charge < -0.3 is 9.80 Å². The zero-order valence-electron chi connectivity index (χ0n) is 21.1. The lowest BCUT2D eigenvalue weighted by Gasteiger charge is -2.48. The average molecular weight is 499 g/mol. The Hall–Kier alpha value is -3.61. The molecule has 2 aliphatic heterocycles. The Bertz CT molecular complexity index is 1390. The summed E-state index contributed by atoms with van der Waals surface area (Å²) in [6, 6.07) is 19.7. The van der Waals surface area contributed by atoms with Crippen molar-refractivity contribution in [1.29, 1.82) is 0 Å². The zero-order chi connectivity index (χ0) is 25.6. The number of piperidine rings is 1. The number of amides is 1. The minimum atomic E-state index is -0.652. The largest absolute Gasteiger partial charge is 0.339 e. The molecule has 3 aromatic carbocycles. The molecule has 0 bridgehead atoms. The van der Waals surface area contributed by atoms with Crippen LogP contribution in [-0.4, -0.2) is 54.1 Å². The Morgan fingerprint density at radius 2 is 1.78 bits per heavy atom. The van der Waals surface area contributed by atoms with Crippen LogP contribution in [0.4, 0.5) is 10.1 Å². The Balaban J connectivity index is 1.28. The summed E-state index contributed by atoms with van der Waals surface area (Å²) in [5.41, 5.74) is 11.5. The van der Waals surface area contributed by atoms with Crippen LogP contribution < -0.4 is 4.90 Å². The maximum absolute atomic E-state index is 13.9. The number of carbonyl (C=O) groups excluding carboxylic acids is 1. The molecular formula is C29H31FN6O. The summed E-state index contributed by atoms with van der Waals surface area (Å²) >= 11 is 0. The fraction of sp³-hybridized carbons (Fsp3) is 0.414. The summed E-state index contributed by atoms with van der Waals surface area (Å²) in [6.45, 7) is 5.31. The van der Waals surface area contributed by atoms with E-state index in [1.165, 1.54) is 34.0 Å². The van der Waals surface area contributed by atoms with Crippen molar-refractivity contribution in [3.05, 3.63) is 88.1 Å². The van der Waals surface area contributed by atoms with Crippen LogP contribution in [0, 0.1) is 5.82 Å². The first-order chi connectivity index (χ1) is 18.0. The van der Waals surface area contributed by atoms with E-state index >= 15 is 0 Å². The van der Waals surface area contributed by atoms with E-state index in [0.29, 0.717) is 39.0 Å². The monoisotopic (exact) mass is 498 g/mol. The van der Waals surface area contributed by atoms with E-state index in [4.69, 9.17) is 5.53 Å². The van der Waals surface area contributed by atoms with Gasteiger partial charge in [-0.3, -0.25) is 9.69 Å². The SMILES string of the molecule is CC1(N2CCC3(CC2)C(=O)N(CCCN=[N+]=[N-])CN3c2ccc(F)cc2)Cc2cccc3cccc1c23. The summed E-state index contributed by atoms with van der Waals surface area (Å²) in [6.07, 6.45) is 3.00. The molecule has 1 atom stereocenters. The fourth-order valence-electron chi connectivity index (χ4n) is 6.90. The van der Waals surface area contributed by atoms with E-state index in [1.54, 1.807) is 12.1 Å². The van der Waals surface area contributed by atoms with Gasteiger partial charge in [0.15, 0.2) is 0 Å². The number of rotatable bonds is 6. The van der Waals surface area contributed by atoms with Gasteiger partial charge in [-0.05, 0) is 84.3 Å². The van der Waals surface area contributed by atoms with Gasteiger partial charge in [-0.25, -0.2) is 4.39 Å². The van der Waals surface area contributed by atoms with Crippen molar-refractivity contribution in [2.24, 2.45) is 5.11 Å². The van der Waals surface area contributed by atoms with Crippen LogP contribution in [-0.2, 0) is 16.8 Å². The third kappa shape index (κ3) is 3.74. The molecule has 3 aliphatic rings. The Labute approximate surface area is 216 Å². The molecule has 1 unspecified atom stereocenters. The van der Waals surface area contributed by atoms with Crippen molar-refractivity contribution in [2.45, 2.75) is 43.7 Å². The van der Waals surface area contributed by atoms with Crippen molar-refractivity contribution in [3.8, 4) is 0 Å². The van der Waals surface area contributed by atoms with Gasteiger partial charge in [-0.2, -0.15) is 0 Å². The number of halogens is 1. The summed E-state index contributed by atoms with van der Waals surface area (Å²) in [5.74, 6) is -0.161. The number of nitrogens with zero attached hydrogens (tertiary/aromatic N) is 6. The molecule has 7 nitrogen and oxygen atoms in total. The summed E-state index contributed by atoms with van der Waals surface area (Å²) < 4.78 is 13.7. The van der Waals surface area contributed by atoms with Crippen LogP contribution in [0.25, 0.3) is 21.2 Å². The normalized spacial score (nSPS) is 22.7. The molecule has 37 heavy (non-hydrogen) atoms. The molecule has 2 saturated heterocycles. The highest BCUT2D eigenvalue weighted by atomic mass is 19.1. The lowest BCUT2D eigenvalue weighted by molar-refractivity contribution is -0.134. The second-order valence-electron chi connectivity index (χ2n) is 10.7. The maximum atomic E-state index is 13.9. The van der Waals surface area contributed by atoms with Crippen molar-refractivity contribution in [1.82, 2.24) is 9.80 Å². The fourth-order valence-corrected chi connectivity index (χ4v) is 6.90. The van der Waals surface area contributed by atoms with Crippen LogP contribution in [0.5, 0.6) is 0 Å². The number of hydrogen-bond acceptors (Lipinski definition) is 4. The molecule has 1 amide bonds. The van der Waals surface area contributed by atoms with E-state index in [1.807, 2.05) is 4.90 Å². The molecule has 1 aliphatic carbocycles. The number of hydrogen-bond donors (Lipinski definition) is 0. The molecule has 0 aromatic heterocycles. The number of likely N-dealkylation sites (tertiary alicyclic amines) is 1. The molecule has 1 spiro atoms. The van der Waals surface area contributed by atoms with Gasteiger partial charge in [0.2, 0.25) is 5.91 Å². The Morgan fingerprint density at radius 3 is 2.51 bits per heavy atom. The zero-order valence-corrected chi connectivity index (χ0v) is 21.1. The smallest absolute Gasteiger partial charge is 0.250 e. The molecule has 0 N–H and O–H groups in total. The van der Waals surface area contributed by atoms with Gasteiger partial charge in [-0.1, -0.05) is 41.5 Å². The summed E-state index contributed by atoms with van der Waals surface area (Å²) in [5, 5.41) is 6.29.